The first-order valence-corrected chi connectivity index (χ1v) is 9.75. The standard InChI is InChI=1S/C25H26O/c1-3-7-20(8-4-1)19-26-25-17-15-24(16-18-25)23-13-11-22(12-14-23)21-9-5-2-6-10-21/h1,3-4,7-8,11-18,21H,2,5-6,9-10,19H2. The predicted octanol–water partition coefficient (Wildman–Crippen LogP) is 6.98. The second-order valence-corrected chi connectivity index (χ2v) is 7.26. The molecule has 1 heteroatoms. The van der Waals surface area contributed by atoms with Crippen LogP contribution in [0, 0.1) is 0 Å². The van der Waals surface area contributed by atoms with Crippen LogP contribution in [0.3, 0.4) is 0 Å². The van der Waals surface area contributed by atoms with Gasteiger partial charge in [-0.15, -0.1) is 0 Å². The van der Waals surface area contributed by atoms with Crippen molar-refractivity contribution >= 4 is 0 Å². The fourth-order valence-corrected chi connectivity index (χ4v) is 3.87. The second kappa shape index (κ2) is 8.23. The van der Waals surface area contributed by atoms with Crippen LogP contribution in [0.4, 0.5) is 0 Å². The second-order valence-electron chi connectivity index (χ2n) is 7.26. The Morgan fingerprint density at radius 3 is 1.92 bits per heavy atom. The van der Waals surface area contributed by atoms with Gasteiger partial charge >= 0.3 is 0 Å². The Morgan fingerprint density at radius 1 is 0.654 bits per heavy atom. The molecule has 0 bridgehead atoms. The third-order valence-electron chi connectivity index (χ3n) is 5.42. The van der Waals surface area contributed by atoms with Gasteiger partial charge in [0.2, 0.25) is 0 Å². The monoisotopic (exact) mass is 342 g/mol. The lowest BCUT2D eigenvalue weighted by Gasteiger charge is -2.22. The summed E-state index contributed by atoms with van der Waals surface area (Å²) in [6, 6.07) is 27.9. The third-order valence-corrected chi connectivity index (χ3v) is 5.42. The van der Waals surface area contributed by atoms with Gasteiger partial charge in [-0.05, 0) is 53.1 Å². The smallest absolute Gasteiger partial charge is 0.119 e. The van der Waals surface area contributed by atoms with E-state index in [4.69, 9.17) is 4.74 Å². The molecule has 0 N–H and O–H groups in total. The van der Waals surface area contributed by atoms with Gasteiger partial charge in [-0.25, -0.2) is 0 Å². The molecule has 0 aliphatic heterocycles. The molecular weight excluding hydrogens is 316 g/mol. The molecule has 3 aromatic rings. The first kappa shape index (κ1) is 16.9. The van der Waals surface area contributed by atoms with E-state index < -0.39 is 0 Å². The van der Waals surface area contributed by atoms with Gasteiger partial charge in [0.05, 0.1) is 0 Å². The number of benzene rings is 3. The van der Waals surface area contributed by atoms with Gasteiger partial charge in [0.1, 0.15) is 12.4 Å². The van der Waals surface area contributed by atoms with Crippen LogP contribution in [-0.4, -0.2) is 0 Å². The SMILES string of the molecule is c1ccc(COc2ccc(-c3ccc(C4CCCCC4)cc3)cc2)cc1. The van der Waals surface area contributed by atoms with E-state index in [9.17, 15) is 0 Å². The van der Waals surface area contributed by atoms with Crippen LogP contribution in [0.1, 0.15) is 49.1 Å². The normalized spacial score (nSPS) is 14.9. The minimum absolute atomic E-state index is 0.607. The molecular formula is C25H26O. The van der Waals surface area contributed by atoms with Crippen LogP contribution in [0.2, 0.25) is 0 Å². The van der Waals surface area contributed by atoms with Crippen molar-refractivity contribution in [3.05, 3.63) is 90.0 Å². The van der Waals surface area contributed by atoms with Crippen LogP contribution in [0.15, 0.2) is 78.9 Å². The van der Waals surface area contributed by atoms with Crippen molar-refractivity contribution in [2.75, 3.05) is 0 Å². The Bertz CT molecular complexity index is 797. The summed E-state index contributed by atoms with van der Waals surface area (Å²) in [5.41, 5.74) is 5.22. The molecule has 0 amide bonds. The minimum Gasteiger partial charge on any atom is -0.489 e. The highest BCUT2D eigenvalue weighted by atomic mass is 16.5. The first-order valence-electron chi connectivity index (χ1n) is 9.75. The summed E-state index contributed by atoms with van der Waals surface area (Å²) in [7, 11) is 0. The lowest BCUT2D eigenvalue weighted by molar-refractivity contribution is 0.306. The summed E-state index contributed by atoms with van der Waals surface area (Å²) >= 11 is 0. The number of rotatable bonds is 5. The highest BCUT2D eigenvalue weighted by Gasteiger charge is 2.15. The van der Waals surface area contributed by atoms with Gasteiger partial charge in [0.15, 0.2) is 0 Å². The molecule has 4 rings (SSSR count). The fraction of sp³-hybridized carbons (Fsp3) is 0.280. The van der Waals surface area contributed by atoms with Crippen molar-refractivity contribution in [2.45, 2.75) is 44.6 Å². The van der Waals surface area contributed by atoms with E-state index in [1.54, 1.807) is 0 Å². The van der Waals surface area contributed by atoms with E-state index in [0.717, 1.165) is 11.7 Å². The summed E-state index contributed by atoms with van der Waals surface area (Å²) in [6.45, 7) is 0.607. The third kappa shape index (κ3) is 4.16. The molecule has 1 aliphatic rings. The van der Waals surface area contributed by atoms with Gasteiger partial charge in [-0.2, -0.15) is 0 Å². The Hall–Kier alpha value is -2.54. The zero-order valence-corrected chi connectivity index (χ0v) is 15.2. The molecule has 3 aromatic carbocycles. The summed E-state index contributed by atoms with van der Waals surface area (Å²) in [4.78, 5) is 0. The summed E-state index contributed by atoms with van der Waals surface area (Å²) in [5, 5.41) is 0. The molecule has 0 unspecified atom stereocenters. The first-order chi connectivity index (χ1) is 12.9. The van der Waals surface area contributed by atoms with Crippen LogP contribution in [-0.2, 0) is 6.61 Å². The van der Waals surface area contributed by atoms with E-state index in [-0.39, 0.29) is 0 Å². The van der Waals surface area contributed by atoms with E-state index in [0.29, 0.717) is 6.61 Å². The van der Waals surface area contributed by atoms with Gasteiger partial charge in [-0.1, -0.05) is 86.0 Å². The van der Waals surface area contributed by atoms with Gasteiger partial charge < -0.3 is 4.74 Å². The van der Waals surface area contributed by atoms with E-state index in [1.807, 2.05) is 18.2 Å². The molecule has 132 valence electrons. The molecule has 26 heavy (non-hydrogen) atoms. The maximum atomic E-state index is 5.88. The number of ether oxygens (including phenoxy) is 1. The highest BCUT2D eigenvalue weighted by molar-refractivity contribution is 5.64. The molecule has 1 nitrogen and oxygen atoms in total. The van der Waals surface area contributed by atoms with Crippen LogP contribution in [0.5, 0.6) is 5.75 Å². The van der Waals surface area contributed by atoms with Gasteiger partial charge in [-0.3, -0.25) is 0 Å². The molecule has 0 aromatic heterocycles. The van der Waals surface area contributed by atoms with Crippen molar-refractivity contribution in [3.63, 3.8) is 0 Å². The van der Waals surface area contributed by atoms with Crippen molar-refractivity contribution in [2.24, 2.45) is 0 Å². The van der Waals surface area contributed by atoms with E-state index in [1.165, 1.54) is 54.4 Å². The molecule has 0 atom stereocenters. The predicted molar refractivity (Wildman–Crippen MR) is 108 cm³/mol. The average molecular weight is 342 g/mol. The fourth-order valence-electron chi connectivity index (χ4n) is 3.87. The summed E-state index contributed by atoms with van der Waals surface area (Å²) in [6.07, 6.45) is 6.89. The molecule has 1 saturated carbocycles. The van der Waals surface area contributed by atoms with Crippen LogP contribution < -0.4 is 4.74 Å². The summed E-state index contributed by atoms with van der Waals surface area (Å²) in [5.74, 6) is 1.68. The van der Waals surface area contributed by atoms with Crippen LogP contribution >= 0.6 is 0 Å². The maximum absolute atomic E-state index is 5.88. The molecule has 1 aliphatic carbocycles. The Morgan fingerprint density at radius 2 is 1.27 bits per heavy atom. The topological polar surface area (TPSA) is 9.23 Å². The Balaban J connectivity index is 1.40. The van der Waals surface area contributed by atoms with Crippen molar-refractivity contribution in [3.8, 4) is 16.9 Å². The quantitative estimate of drug-likeness (QED) is 0.486. The van der Waals surface area contributed by atoms with Crippen molar-refractivity contribution < 1.29 is 4.74 Å². The van der Waals surface area contributed by atoms with Crippen molar-refractivity contribution in [1.29, 1.82) is 0 Å². The number of hydrogen-bond acceptors (Lipinski definition) is 1. The average Bonchev–Trinajstić information content (AvgIpc) is 2.74. The molecule has 0 spiro atoms. The summed E-state index contributed by atoms with van der Waals surface area (Å²) < 4.78 is 5.88. The minimum atomic E-state index is 0.607. The lowest BCUT2D eigenvalue weighted by Crippen LogP contribution is -2.04. The molecule has 0 radical (unpaired) electrons. The Labute approximate surface area is 156 Å². The van der Waals surface area contributed by atoms with Crippen LogP contribution in [0.25, 0.3) is 11.1 Å². The van der Waals surface area contributed by atoms with Gasteiger partial charge in [0.25, 0.3) is 0 Å². The lowest BCUT2D eigenvalue weighted by atomic mass is 9.84. The highest BCUT2D eigenvalue weighted by Crippen LogP contribution is 2.33. The zero-order chi connectivity index (χ0) is 17.6. The molecule has 0 heterocycles. The largest absolute Gasteiger partial charge is 0.489 e. The van der Waals surface area contributed by atoms with E-state index in [2.05, 4.69) is 60.7 Å². The van der Waals surface area contributed by atoms with Crippen molar-refractivity contribution in [1.82, 2.24) is 0 Å². The Kier molecular flexibility index (Phi) is 5.35. The molecule has 1 fully saturated rings. The van der Waals surface area contributed by atoms with Gasteiger partial charge in [0, 0.05) is 0 Å². The maximum Gasteiger partial charge on any atom is 0.119 e. The zero-order valence-electron chi connectivity index (χ0n) is 15.2. The molecule has 0 saturated heterocycles. The number of hydrogen-bond donors (Lipinski definition) is 0. The van der Waals surface area contributed by atoms with E-state index >= 15 is 0 Å².